The molecule has 2 fully saturated rings. The molecule has 0 atom stereocenters. The molecular formula is C22H23N3O5S2. The van der Waals surface area contributed by atoms with Crippen LogP contribution in [0.2, 0.25) is 0 Å². The van der Waals surface area contributed by atoms with Crippen molar-refractivity contribution < 1.29 is 17.9 Å². The predicted molar refractivity (Wildman–Crippen MR) is 121 cm³/mol. The topological polar surface area (TPSA) is 99.8 Å². The van der Waals surface area contributed by atoms with Crippen molar-refractivity contribution in [1.82, 2.24) is 14.2 Å². The number of rotatable bonds is 6. The number of pyridine rings is 1. The number of aromatic amines is 1. The lowest BCUT2D eigenvalue weighted by atomic mass is 10.1. The third kappa shape index (κ3) is 4.11. The number of sulfonamides is 1. The van der Waals surface area contributed by atoms with Gasteiger partial charge in [0.2, 0.25) is 15.6 Å². The van der Waals surface area contributed by atoms with E-state index < -0.39 is 15.6 Å². The summed E-state index contributed by atoms with van der Waals surface area (Å²) < 4.78 is 32.9. The number of nitrogens with one attached hydrogen (secondary N) is 1. The van der Waals surface area contributed by atoms with Gasteiger partial charge >= 0.3 is 0 Å². The molecule has 1 aromatic carbocycles. The zero-order chi connectivity index (χ0) is 22.3. The van der Waals surface area contributed by atoms with E-state index in [1.807, 2.05) is 17.5 Å². The van der Waals surface area contributed by atoms with Gasteiger partial charge in [0, 0.05) is 41.0 Å². The standard InChI is InChI=1S/C22H23N3O5S2/c26-21-13-19(22(27)25(15-3-4-15)14-16-2-1-11-31-16)18-12-17(5-6-20(18)23-21)32(28,29)24-7-9-30-10-8-24/h1-2,5-6,11-13,15H,3-4,7-10,14H2,(H,23,26). The van der Waals surface area contributed by atoms with Gasteiger partial charge in [0.1, 0.15) is 0 Å². The minimum absolute atomic E-state index is 0.101. The van der Waals surface area contributed by atoms with Gasteiger partial charge in [-0.2, -0.15) is 4.31 Å². The molecule has 1 saturated carbocycles. The van der Waals surface area contributed by atoms with Crippen LogP contribution < -0.4 is 5.56 Å². The van der Waals surface area contributed by atoms with E-state index in [-0.39, 0.29) is 35.5 Å². The van der Waals surface area contributed by atoms with E-state index in [0.29, 0.717) is 30.7 Å². The van der Waals surface area contributed by atoms with Gasteiger partial charge in [-0.3, -0.25) is 9.59 Å². The Labute approximate surface area is 189 Å². The van der Waals surface area contributed by atoms with Crippen LogP contribution >= 0.6 is 11.3 Å². The van der Waals surface area contributed by atoms with E-state index in [4.69, 9.17) is 4.74 Å². The first-order valence-corrected chi connectivity index (χ1v) is 12.8. The maximum Gasteiger partial charge on any atom is 0.255 e. The zero-order valence-corrected chi connectivity index (χ0v) is 19.0. The molecule has 1 amide bonds. The van der Waals surface area contributed by atoms with Gasteiger partial charge in [0.15, 0.2) is 0 Å². The molecule has 3 heterocycles. The molecule has 0 radical (unpaired) electrons. The van der Waals surface area contributed by atoms with E-state index in [0.717, 1.165) is 17.7 Å². The number of hydrogen-bond donors (Lipinski definition) is 1. The van der Waals surface area contributed by atoms with Crippen LogP contribution in [-0.2, 0) is 21.3 Å². The number of morpholine rings is 1. The summed E-state index contributed by atoms with van der Waals surface area (Å²) in [5, 5.41) is 2.40. The van der Waals surface area contributed by atoms with Crippen molar-refractivity contribution in [3.8, 4) is 0 Å². The Morgan fingerprint density at radius 3 is 2.66 bits per heavy atom. The average molecular weight is 474 g/mol. The van der Waals surface area contributed by atoms with Crippen molar-refractivity contribution in [1.29, 1.82) is 0 Å². The quantitative estimate of drug-likeness (QED) is 0.593. The molecule has 2 aliphatic rings. The first-order chi connectivity index (χ1) is 15.4. The molecule has 1 saturated heterocycles. The Bertz CT molecular complexity index is 1310. The van der Waals surface area contributed by atoms with Crippen LogP contribution in [0.1, 0.15) is 28.1 Å². The second kappa shape index (κ2) is 8.43. The highest BCUT2D eigenvalue weighted by Crippen LogP contribution is 2.32. The fourth-order valence-corrected chi connectivity index (χ4v) is 6.12. The first-order valence-electron chi connectivity index (χ1n) is 10.5. The zero-order valence-electron chi connectivity index (χ0n) is 17.3. The fraction of sp³-hybridized carbons (Fsp3) is 0.364. The number of aromatic nitrogens is 1. The third-order valence-corrected chi connectivity index (χ3v) is 8.56. The summed E-state index contributed by atoms with van der Waals surface area (Å²) in [5.74, 6) is -0.252. The number of benzene rings is 1. The lowest BCUT2D eigenvalue weighted by Gasteiger charge is -2.26. The number of amides is 1. The number of carbonyl (C=O) groups is 1. The molecule has 1 N–H and O–H groups in total. The normalized spacial score (nSPS) is 17.5. The number of H-pyrrole nitrogens is 1. The number of nitrogens with zero attached hydrogens (tertiary/aromatic N) is 2. The fourth-order valence-electron chi connectivity index (χ4n) is 3.98. The van der Waals surface area contributed by atoms with Crippen LogP contribution in [-0.4, -0.2) is 60.9 Å². The number of ether oxygens (including phenoxy) is 1. The lowest BCUT2D eigenvalue weighted by Crippen LogP contribution is -2.40. The van der Waals surface area contributed by atoms with Crippen molar-refractivity contribution in [2.45, 2.75) is 30.3 Å². The van der Waals surface area contributed by atoms with E-state index in [1.165, 1.54) is 22.5 Å². The van der Waals surface area contributed by atoms with Crippen LogP contribution in [0.3, 0.4) is 0 Å². The highest BCUT2D eigenvalue weighted by atomic mass is 32.2. The van der Waals surface area contributed by atoms with E-state index >= 15 is 0 Å². The predicted octanol–water partition coefficient (Wildman–Crippen LogP) is 2.42. The highest BCUT2D eigenvalue weighted by Gasteiger charge is 2.34. The summed E-state index contributed by atoms with van der Waals surface area (Å²) in [4.78, 5) is 31.6. The molecule has 8 nitrogen and oxygen atoms in total. The smallest absolute Gasteiger partial charge is 0.255 e. The number of hydrogen-bond acceptors (Lipinski definition) is 6. The third-order valence-electron chi connectivity index (χ3n) is 5.81. The molecular weight excluding hydrogens is 450 g/mol. The van der Waals surface area contributed by atoms with E-state index in [1.54, 1.807) is 22.3 Å². The van der Waals surface area contributed by atoms with Gasteiger partial charge in [-0.1, -0.05) is 6.07 Å². The Morgan fingerprint density at radius 2 is 1.97 bits per heavy atom. The second-order valence-electron chi connectivity index (χ2n) is 8.01. The Kier molecular flexibility index (Phi) is 5.62. The number of carbonyl (C=O) groups excluding carboxylic acids is 1. The summed E-state index contributed by atoms with van der Waals surface area (Å²) in [6.45, 7) is 1.75. The second-order valence-corrected chi connectivity index (χ2v) is 11.0. The summed E-state index contributed by atoms with van der Waals surface area (Å²) in [7, 11) is -3.73. The SMILES string of the molecule is O=C(c1cc(=O)[nH]c2ccc(S(=O)(=O)N3CCOCC3)cc12)N(Cc1cccs1)C1CC1. The van der Waals surface area contributed by atoms with Gasteiger partial charge in [-0.25, -0.2) is 8.42 Å². The van der Waals surface area contributed by atoms with Crippen molar-refractivity contribution in [2.75, 3.05) is 26.3 Å². The molecule has 10 heteroatoms. The molecule has 0 bridgehead atoms. The maximum atomic E-state index is 13.6. The number of thiophene rings is 1. The lowest BCUT2D eigenvalue weighted by molar-refractivity contribution is 0.0730. The molecule has 5 rings (SSSR count). The van der Waals surface area contributed by atoms with E-state index in [2.05, 4.69) is 4.98 Å². The van der Waals surface area contributed by atoms with Gasteiger partial charge in [0.25, 0.3) is 5.91 Å². The van der Waals surface area contributed by atoms with Gasteiger partial charge < -0.3 is 14.6 Å². The largest absolute Gasteiger partial charge is 0.379 e. The molecule has 1 aliphatic carbocycles. The average Bonchev–Trinajstić information content (AvgIpc) is 3.51. The van der Waals surface area contributed by atoms with Crippen molar-refractivity contribution in [3.63, 3.8) is 0 Å². The maximum absolute atomic E-state index is 13.6. The van der Waals surface area contributed by atoms with Crippen LogP contribution in [0.5, 0.6) is 0 Å². The molecule has 2 aromatic heterocycles. The Balaban J connectivity index is 1.56. The summed E-state index contributed by atoms with van der Waals surface area (Å²) in [6, 6.07) is 9.87. The molecule has 1 aliphatic heterocycles. The molecule has 32 heavy (non-hydrogen) atoms. The van der Waals surface area contributed by atoms with Gasteiger partial charge in [-0.05, 0) is 42.5 Å². The van der Waals surface area contributed by atoms with Gasteiger partial charge in [0.05, 0.1) is 30.2 Å². The summed E-state index contributed by atoms with van der Waals surface area (Å²) >= 11 is 1.58. The minimum atomic E-state index is -3.73. The molecule has 0 spiro atoms. The Hall–Kier alpha value is -2.53. The van der Waals surface area contributed by atoms with Crippen molar-refractivity contribution in [3.05, 3.63) is 62.6 Å². The van der Waals surface area contributed by atoms with Crippen LogP contribution in [0.15, 0.2) is 51.5 Å². The highest BCUT2D eigenvalue weighted by molar-refractivity contribution is 7.89. The molecule has 0 unspecified atom stereocenters. The van der Waals surface area contributed by atoms with Crippen molar-refractivity contribution >= 4 is 38.2 Å². The first kappa shape index (κ1) is 21.3. The summed E-state index contributed by atoms with van der Waals surface area (Å²) in [5.41, 5.74) is 0.274. The van der Waals surface area contributed by atoms with Crippen LogP contribution in [0.25, 0.3) is 10.9 Å². The van der Waals surface area contributed by atoms with Crippen molar-refractivity contribution in [2.24, 2.45) is 0 Å². The van der Waals surface area contributed by atoms with Gasteiger partial charge in [-0.15, -0.1) is 11.3 Å². The summed E-state index contributed by atoms with van der Waals surface area (Å²) in [6.07, 6.45) is 1.85. The molecule has 3 aromatic rings. The molecule has 168 valence electrons. The van der Waals surface area contributed by atoms with Crippen LogP contribution in [0.4, 0.5) is 0 Å². The van der Waals surface area contributed by atoms with Crippen LogP contribution in [0, 0.1) is 0 Å². The monoisotopic (exact) mass is 473 g/mol. The minimum Gasteiger partial charge on any atom is -0.379 e. The Morgan fingerprint density at radius 1 is 1.19 bits per heavy atom. The van der Waals surface area contributed by atoms with E-state index in [9.17, 15) is 18.0 Å². The number of fused-ring (bicyclic) bond motifs is 1.